The number of benzene rings is 1. The maximum Gasteiger partial charge on any atom is 0.433 e. The van der Waals surface area contributed by atoms with Crippen molar-refractivity contribution in [3.8, 4) is 5.75 Å². The third-order valence-corrected chi connectivity index (χ3v) is 8.37. The Balaban J connectivity index is 1.11. The first kappa shape index (κ1) is 25.8. The Morgan fingerprint density at radius 3 is 2.56 bits per heavy atom. The van der Waals surface area contributed by atoms with Crippen molar-refractivity contribution in [2.45, 2.75) is 75.4 Å². The predicted molar refractivity (Wildman–Crippen MR) is 133 cm³/mol. The first-order valence-electron chi connectivity index (χ1n) is 13.4. The van der Waals surface area contributed by atoms with Gasteiger partial charge < -0.3 is 9.64 Å². The van der Waals surface area contributed by atoms with Crippen molar-refractivity contribution >= 4 is 17.7 Å². The Morgan fingerprint density at radius 2 is 1.79 bits per heavy atom. The van der Waals surface area contributed by atoms with Gasteiger partial charge in [-0.25, -0.2) is 0 Å². The van der Waals surface area contributed by atoms with Gasteiger partial charge in [0.1, 0.15) is 23.6 Å². The molecule has 0 bridgehead atoms. The van der Waals surface area contributed by atoms with Crippen LogP contribution in [0, 0.1) is 0 Å². The zero-order valence-electron chi connectivity index (χ0n) is 21.2. The van der Waals surface area contributed by atoms with Gasteiger partial charge in [0.15, 0.2) is 0 Å². The molecule has 1 aromatic carbocycles. The molecule has 1 N–H and O–H groups in total. The Hall–Kier alpha value is -3.47. The molecule has 3 aliphatic heterocycles. The zero-order chi connectivity index (χ0) is 27.3. The third kappa shape index (κ3) is 4.99. The molecule has 0 radical (unpaired) electrons. The quantitative estimate of drug-likeness (QED) is 0.580. The Labute approximate surface area is 223 Å². The van der Waals surface area contributed by atoms with Gasteiger partial charge in [0.2, 0.25) is 11.8 Å². The SMILES string of the molecule is O=C1CCC(N2Cc3cc(OC4CCCC[C@@H]4N4CC(c5ccnc(C(F)(F)F)c5)C4)ccc3C2=O)C(=O)N1. The number of aromatic nitrogens is 1. The van der Waals surface area contributed by atoms with Crippen LogP contribution in [0.4, 0.5) is 13.2 Å². The first-order chi connectivity index (χ1) is 18.7. The van der Waals surface area contributed by atoms with Crippen molar-refractivity contribution < 1.29 is 32.3 Å². The highest BCUT2D eigenvalue weighted by Crippen LogP contribution is 2.38. The van der Waals surface area contributed by atoms with E-state index >= 15 is 0 Å². The lowest BCUT2D eigenvalue weighted by Gasteiger charge is -2.48. The number of carbonyl (C=O) groups is 3. The number of likely N-dealkylation sites (tertiary alicyclic amines) is 1. The van der Waals surface area contributed by atoms with Crippen molar-refractivity contribution in [1.82, 2.24) is 20.1 Å². The topological polar surface area (TPSA) is 91.8 Å². The summed E-state index contributed by atoms with van der Waals surface area (Å²) in [5.41, 5.74) is 1.12. The number of ether oxygens (including phenoxy) is 1. The highest BCUT2D eigenvalue weighted by Gasteiger charge is 2.42. The molecule has 6 rings (SSSR count). The van der Waals surface area contributed by atoms with E-state index in [0.717, 1.165) is 37.3 Å². The van der Waals surface area contributed by atoms with Crippen molar-refractivity contribution in [3.63, 3.8) is 0 Å². The molecule has 2 unspecified atom stereocenters. The van der Waals surface area contributed by atoms with E-state index in [2.05, 4.69) is 15.2 Å². The maximum absolute atomic E-state index is 13.1. The molecule has 0 spiro atoms. The number of nitrogens with zero attached hydrogens (tertiary/aromatic N) is 3. The molecule has 4 heterocycles. The van der Waals surface area contributed by atoms with Crippen LogP contribution in [-0.2, 0) is 22.3 Å². The number of halogens is 3. The summed E-state index contributed by atoms with van der Waals surface area (Å²) in [5.74, 6) is -0.301. The number of fused-ring (bicyclic) bond motifs is 1. The molecule has 1 aliphatic carbocycles. The largest absolute Gasteiger partial charge is 0.489 e. The van der Waals surface area contributed by atoms with Gasteiger partial charge in [-0.05, 0) is 67.1 Å². The minimum Gasteiger partial charge on any atom is -0.489 e. The zero-order valence-corrected chi connectivity index (χ0v) is 21.2. The number of hydrogen-bond acceptors (Lipinski definition) is 6. The molecule has 2 aromatic rings. The number of rotatable bonds is 5. The van der Waals surface area contributed by atoms with Crippen molar-refractivity contribution in [2.75, 3.05) is 13.1 Å². The monoisotopic (exact) mass is 542 g/mol. The summed E-state index contributed by atoms with van der Waals surface area (Å²) >= 11 is 0. The van der Waals surface area contributed by atoms with E-state index < -0.39 is 23.8 Å². The molecule has 39 heavy (non-hydrogen) atoms. The van der Waals surface area contributed by atoms with Gasteiger partial charge in [0, 0.05) is 49.8 Å². The van der Waals surface area contributed by atoms with E-state index in [0.29, 0.717) is 36.4 Å². The van der Waals surface area contributed by atoms with Crippen LogP contribution in [-0.4, -0.2) is 63.8 Å². The van der Waals surface area contributed by atoms with E-state index in [4.69, 9.17) is 4.74 Å². The van der Waals surface area contributed by atoms with Crippen LogP contribution in [0.5, 0.6) is 5.75 Å². The number of nitrogens with one attached hydrogen (secondary N) is 1. The Morgan fingerprint density at radius 1 is 1.00 bits per heavy atom. The fourth-order valence-corrected chi connectivity index (χ4v) is 6.28. The average Bonchev–Trinajstić information content (AvgIpc) is 3.19. The minimum atomic E-state index is -4.46. The van der Waals surface area contributed by atoms with E-state index in [-0.39, 0.29) is 42.8 Å². The van der Waals surface area contributed by atoms with E-state index in [9.17, 15) is 27.6 Å². The second kappa shape index (κ2) is 9.93. The number of piperidine rings is 1. The molecular formula is C28H29F3N4O4. The highest BCUT2D eigenvalue weighted by molar-refractivity contribution is 6.05. The van der Waals surface area contributed by atoms with Gasteiger partial charge >= 0.3 is 6.18 Å². The molecule has 8 nitrogen and oxygen atoms in total. The fraction of sp³-hybridized carbons (Fsp3) is 0.500. The van der Waals surface area contributed by atoms with Gasteiger partial charge in [0.25, 0.3) is 5.91 Å². The van der Waals surface area contributed by atoms with E-state index in [1.54, 1.807) is 18.2 Å². The second-order valence-electron chi connectivity index (χ2n) is 10.9. The van der Waals surface area contributed by atoms with Gasteiger partial charge in [-0.3, -0.25) is 29.6 Å². The normalized spacial score (nSPS) is 26.3. The van der Waals surface area contributed by atoms with Crippen molar-refractivity contribution in [2.24, 2.45) is 0 Å². The molecule has 3 fully saturated rings. The smallest absolute Gasteiger partial charge is 0.433 e. The highest BCUT2D eigenvalue weighted by atomic mass is 19.4. The van der Waals surface area contributed by atoms with Gasteiger partial charge in [-0.1, -0.05) is 6.42 Å². The molecule has 11 heteroatoms. The summed E-state index contributed by atoms with van der Waals surface area (Å²) in [4.78, 5) is 44.1. The number of imide groups is 1. The summed E-state index contributed by atoms with van der Waals surface area (Å²) in [6, 6.07) is 7.69. The maximum atomic E-state index is 13.1. The molecule has 1 aromatic heterocycles. The van der Waals surface area contributed by atoms with Gasteiger partial charge in [-0.2, -0.15) is 13.2 Å². The van der Waals surface area contributed by atoms with Crippen LogP contribution in [0.2, 0.25) is 0 Å². The Bertz CT molecular complexity index is 1310. The molecule has 3 atom stereocenters. The van der Waals surface area contributed by atoms with Crippen LogP contribution in [0.15, 0.2) is 36.5 Å². The van der Waals surface area contributed by atoms with Crippen molar-refractivity contribution in [1.29, 1.82) is 0 Å². The number of amides is 3. The Kier molecular flexibility index (Phi) is 6.57. The van der Waals surface area contributed by atoms with Crippen LogP contribution in [0.3, 0.4) is 0 Å². The number of hydrogen-bond donors (Lipinski definition) is 1. The number of alkyl halides is 3. The first-order valence-corrected chi connectivity index (χ1v) is 13.4. The molecular weight excluding hydrogens is 513 g/mol. The standard InChI is InChI=1S/C28H29F3N4O4/c29-28(30,31)24-12-16(9-10-32-24)18-13-34(14-18)21-3-1-2-4-23(21)39-19-5-6-20-17(11-19)15-35(27(20)38)22-7-8-25(36)33-26(22)37/h5-6,9-12,18,21-23H,1-4,7-8,13-15H2,(H,33,36,37)/t21-,22?,23?/m0/s1. The molecule has 3 amide bonds. The second-order valence-corrected chi connectivity index (χ2v) is 10.9. The van der Waals surface area contributed by atoms with Crippen LogP contribution >= 0.6 is 0 Å². The van der Waals surface area contributed by atoms with Crippen LogP contribution in [0.1, 0.15) is 71.6 Å². The lowest BCUT2D eigenvalue weighted by molar-refractivity contribution is -0.141. The molecule has 1 saturated carbocycles. The third-order valence-electron chi connectivity index (χ3n) is 8.37. The van der Waals surface area contributed by atoms with Crippen LogP contribution in [0.25, 0.3) is 0 Å². The summed E-state index contributed by atoms with van der Waals surface area (Å²) in [6.45, 7) is 1.63. The van der Waals surface area contributed by atoms with Gasteiger partial charge in [-0.15, -0.1) is 0 Å². The van der Waals surface area contributed by atoms with Crippen molar-refractivity contribution in [3.05, 3.63) is 58.9 Å². The molecule has 2 saturated heterocycles. The van der Waals surface area contributed by atoms with E-state index in [1.807, 2.05) is 6.07 Å². The van der Waals surface area contributed by atoms with Gasteiger partial charge in [0.05, 0.1) is 0 Å². The molecule has 4 aliphatic rings. The summed E-state index contributed by atoms with van der Waals surface area (Å²) in [5, 5.41) is 2.31. The lowest BCUT2D eigenvalue weighted by atomic mass is 9.84. The summed E-state index contributed by atoms with van der Waals surface area (Å²) in [7, 11) is 0. The predicted octanol–water partition coefficient (Wildman–Crippen LogP) is 3.65. The summed E-state index contributed by atoms with van der Waals surface area (Å²) < 4.78 is 45.7. The van der Waals surface area contributed by atoms with Crippen LogP contribution < -0.4 is 10.1 Å². The minimum absolute atomic E-state index is 0.0287. The molecule has 206 valence electrons. The lowest BCUT2D eigenvalue weighted by Crippen LogP contribution is -2.57. The van der Waals surface area contributed by atoms with E-state index in [1.165, 1.54) is 11.1 Å². The average molecular weight is 543 g/mol. The number of pyridine rings is 1. The number of carbonyl (C=O) groups excluding carboxylic acids is 3. The fourth-order valence-electron chi connectivity index (χ4n) is 6.28. The summed E-state index contributed by atoms with van der Waals surface area (Å²) in [6.07, 6.45) is 1.15.